The highest BCUT2D eigenvalue weighted by molar-refractivity contribution is 4.94. The molecule has 0 aromatic carbocycles. The van der Waals surface area contributed by atoms with E-state index in [1.54, 1.807) is 0 Å². The van der Waals surface area contributed by atoms with Gasteiger partial charge in [-0.05, 0) is 25.8 Å². The molecule has 1 aromatic heterocycles. The van der Waals surface area contributed by atoms with Crippen molar-refractivity contribution in [3.05, 3.63) is 12.2 Å². The van der Waals surface area contributed by atoms with E-state index in [0.29, 0.717) is 6.04 Å². The molecule has 0 spiro atoms. The largest absolute Gasteiger partial charge is 0.343 e. The number of fused-ring (bicyclic) bond motifs is 1. The lowest BCUT2D eigenvalue weighted by Crippen LogP contribution is -2.44. The Balaban J connectivity index is 1.55. The summed E-state index contributed by atoms with van der Waals surface area (Å²) < 4.78 is 4.72. The zero-order valence-electron chi connectivity index (χ0n) is 9.43. The van der Waals surface area contributed by atoms with Crippen molar-refractivity contribution in [2.75, 3.05) is 13.1 Å². The van der Waals surface area contributed by atoms with Crippen LogP contribution >= 0.6 is 0 Å². The molecule has 0 aliphatic carbocycles. The molecule has 2 fully saturated rings. The predicted molar refractivity (Wildman–Crippen MR) is 58.8 cm³/mol. The van der Waals surface area contributed by atoms with Gasteiger partial charge in [-0.15, -0.1) is 0 Å². The van der Waals surface area contributed by atoms with Crippen LogP contribution in [0.15, 0.2) is 10.9 Å². The highest BCUT2D eigenvalue weighted by Crippen LogP contribution is 2.27. The smallest absolute Gasteiger partial charge is 0.213 e. The van der Waals surface area contributed by atoms with Gasteiger partial charge in [-0.2, -0.15) is 4.98 Å². The van der Waals surface area contributed by atoms with E-state index in [9.17, 15) is 0 Å². The molecule has 0 radical (unpaired) electrons. The number of piperidine rings is 1. The summed E-state index contributed by atoms with van der Waals surface area (Å²) in [5.41, 5.74) is 0. The average molecular weight is 222 g/mol. The van der Waals surface area contributed by atoms with E-state index in [4.69, 9.17) is 4.52 Å². The lowest BCUT2D eigenvalue weighted by Gasteiger charge is -2.32. The summed E-state index contributed by atoms with van der Waals surface area (Å²) in [5.74, 6) is 0.759. The SMILES string of the molecule is c1nc(CNC2CCN3CCCCC23)no1. The predicted octanol–water partition coefficient (Wildman–Crippen LogP) is 0.786. The second-order valence-electron chi connectivity index (χ2n) is 4.72. The Bertz CT molecular complexity index is 327. The summed E-state index contributed by atoms with van der Waals surface area (Å²) in [6.07, 6.45) is 6.72. The quantitative estimate of drug-likeness (QED) is 0.819. The van der Waals surface area contributed by atoms with Gasteiger partial charge in [0.15, 0.2) is 5.82 Å². The minimum Gasteiger partial charge on any atom is -0.343 e. The first kappa shape index (κ1) is 10.2. The van der Waals surface area contributed by atoms with Crippen LogP contribution in [0.5, 0.6) is 0 Å². The molecule has 3 rings (SSSR count). The summed E-state index contributed by atoms with van der Waals surface area (Å²) in [6, 6.07) is 1.35. The van der Waals surface area contributed by atoms with E-state index < -0.39 is 0 Å². The molecule has 5 heteroatoms. The average Bonchev–Trinajstić information content (AvgIpc) is 2.96. The van der Waals surface area contributed by atoms with Crippen molar-refractivity contribution in [3.63, 3.8) is 0 Å². The second kappa shape index (κ2) is 4.51. The maximum Gasteiger partial charge on any atom is 0.213 e. The van der Waals surface area contributed by atoms with Crippen LogP contribution < -0.4 is 5.32 Å². The summed E-state index contributed by atoms with van der Waals surface area (Å²) >= 11 is 0. The lowest BCUT2D eigenvalue weighted by atomic mass is 9.99. The molecule has 1 N–H and O–H groups in total. The van der Waals surface area contributed by atoms with Gasteiger partial charge in [0, 0.05) is 18.6 Å². The Labute approximate surface area is 95.2 Å². The molecule has 3 heterocycles. The van der Waals surface area contributed by atoms with Gasteiger partial charge in [0.1, 0.15) is 0 Å². The van der Waals surface area contributed by atoms with Crippen LogP contribution in [-0.2, 0) is 6.54 Å². The third kappa shape index (κ3) is 1.97. The molecule has 2 atom stereocenters. The Morgan fingerprint density at radius 1 is 1.38 bits per heavy atom. The van der Waals surface area contributed by atoms with Crippen molar-refractivity contribution < 1.29 is 4.52 Å². The topological polar surface area (TPSA) is 54.2 Å². The molecule has 2 aliphatic heterocycles. The van der Waals surface area contributed by atoms with E-state index in [2.05, 4.69) is 20.4 Å². The second-order valence-corrected chi connectivity index (χ2v) is 4.72. The maximum atomic E-state index is 4.72. The van der Waals surface area contributed by atoms with Crippen LogP contribution in [0.4, 0.5) is 0 Å². The van der Waals surface area contributed by atoms with E-state index in [1.165, 1.54) is 45.2 Å². The molecule has 2 unspecified atom stereocenters. The van der Waals surface area contributed by atoms with Crippen molar-refractivity contribution in [1.82, 2.24) is 20.4 Å². The molecule has 88 valence electrons. The highest BCUT2D eigenvalue weighted by Gasteiger charge is 2.34. The fourth-order valence-corrected chi connectivity index (χ4v) is 2.98. The minimum absolute atomic E-state index is 0.610. The Morgan fingerprint density at radius 2 is 2.38 bits per heavy atom. The Morgan fingerprint density at radius 3 is 3.25 bits per heavy atom. The van der Waals surface area contributed by atoms with Crippen LogP contribution in [0.25, 0.3) is 0 Å². The molecule has 0 saturated carbocycles. The number of hydrogen-bond donors (Lipinski definition) is 1. The van der Waals surface area contributed by atoms with Gasteiger partial charge in [-0.25, -0.2) is 0 Å². The zero-order valence-corrected chi connectivity index (χ0v) is 9.43. The highest BCUT2D eigenvalue weighted by atomic mass is 16.5. The van der Waals surface area contributed by atoms with Crippen molar-refractivity contribution >= 4 is 0 Å². The first-order chi connectivity index (χ1) is 7.93. The summed E-state index contributed by atoms with van der Waals surface area (Å²) in [4.78, 5) is 6.65. The molecule has 0 bridgehead atoms. The van der Waals surface area contributed by atoms with Gasteiger partial charge in [-0.3, -0.25) is 4.90 Å². The van der Waals surface area contributed by atoms with Gasteiger partial charge in [-0.1, -0.05) is 11.6 Å². The molecule has 0 amide bonds. The van der Waals surface area contributed by atoms with Gasteiger partial charge < -0.3 is 9.84 Å². The van der Waals surface area contributed by atoms with Crippen molar-refractivity contribution in [2.24, 2.45) is 0 Å². The van der Waals surface area contributed by atoms with Gasteiger partial charge >= 0.3 is 0 Å². The first-order valence-electron chi connectivity index (χ1n) is 6.16. The van der Waals surface area contributed by atoms with Crippen LogP contribution in [-0.4, -0.2) is 40.2 Å². The fourth-order valence-electron chi connectivity index (χ4n) is 2.98. The summed E-state index contributed by atoms with van der Waals surface area (Å²) in [5, 5.41) is 7.38. The van der Waals surface area contributed by atoms with Gasteiger partial charge in [0.05, 0.1) is 6.54 Å². The number of nitrogens with one attached hydrogen (secondary N) is 1. The van der Waals surface area contributed by atoms with Crippen LogP contribution in [0.2, 0.25) is 0 Å². The van der Waals surface area contributed by atoms with Crippen molar-refractivity contribution in [1.29, 1.82) is 0 Å². The standard InChI is InChI=1S/C11H18N4O/c1-2-5-15-6-4-9(10(15)3-1)12-7-11-13-8-16-14-11/h8-10,12H,1-7H2. The summed E-state index contributed by atoms with van der Waals surface area (Å²) in [7, 11) is 0. The fraction of sp³-hybridized carbons (Fsp3) is 0.818. The van der Waals surface area contributed by atoms with Gasteiger partial charge in [0.25, 0.3) is 0 Å². The molecular weight excluding hydrogens is 204 g/mol. The Kier molecular flexibility index (Phi) is 2.88. The third-order valence-corrected chi connectivity index (χ3v) is 3.79. The monoisotopic (exact) mass is 222 g/mol. The van der Waals surface area contributed by atoms with Crippen LogP contribution in [0, 0.1) is 0 Å². The number of rotatable bonds is 3. The Hall–Kier alpha value is -0.940. The van der Waals surface area contributed by atoms with Crippen molar-refractivity contribution in [3.8, 4) is 0 Å². The normalized spacial score (nSPS) is 30.5. The van der Waals surface area contributed by atoms with Gasteiger partial charge in [0.2, 0.25) is 6.39 Å². The van der Waals surface area contributed by atoms with E-state index in [0.717, 1.165) is 18.4 Å². The minimum atomic E-state index is 0.610. The molecular formula is C11H18N4O. The number of hydrogen-bond acceptors (Lipinski definition) is 5. The first-order valence-corrected chi connectivity index (χ1v) is 6.16. The molecule has 16 heavy (non-hydrogen) atoms. The van der Waals surface area contributed by atoms with E-state index >= 15 is 0 Å². The maximum absolute atomic E-state index is 4.72. The molecule has 1 aromatic rings. The van der Waals surface area contributed by atoms with E-state index in [-0.39, 0.29) is 0 Å². The zero-order chi connectivity index (χ0) is 10.8. The molecule has 2 aliphatic rings. The van der Waals surface area contributed by atoms with Crippen LogP contribution in [0.3, 0.4) is 0 Å². The third-order valence-electron chi connectivity index (χ3n) is 3.79. The van der Waals surface area contributed by atoms with Crippen LogP contribution in [0.1, 0.15) is 31.5 Å². The number of aromatic nitrogens is 2. The lowest BCUT2D eigenvalue weighted by molar-refractivity contribution is 0.180. The molecule has 2 saturated heterocycles. The van der Waals surface area contributed by atoms with Crippen molar-refractivity contribution in [2.45, 2.75) is 44.3 Å². The number of nitrogens with zero attached hydrogens (tertiary/aromatic N) is 3. The summed E-state index contributed by atoms with van der Waals surface area (Å²) in [6.45, 7) is 3.26. The molecule has 5 nitrogen and oxygen atoms in total. The van der Waals surface area contributed by atoms with E-state index in [1.807, 2.05) is 0 Å².